The summed E-state index contributed by atoms with van der Waals surface area (Å²) in [5, 5.41) is 3.13. The van der Waals surface area contributed by atoms with Crippen LogP contribution in [0.3, 0.4) is 0 Å². The largest absolute Gasteiger partial charge is 0.345 e. The first kappa shape index (κ1) is 21.8. The normalized spacial score (nSPS) is 15.4. The summed E-state index contributed by atoms with van der Waals surface area (Å²) in [4.78, 5) is 13.1. The van der Waals surface area contributed by atoms with Crippen molar-refractivity contribution >= 4 is 21.6 Å². The second kappa shape index (κ2) is 9.40. The van der Waals surface area contributed by atoms with E-state index in [-0.39, 0.29) is 23.4 Å². The van der Waals surface area contributed by atoms with Crippen molar-refractivity contribution in [1.82, 2.24) is 5.32 Å². The highest BCUT2D eigenvalue weighted by Gasteiger charge is 2.25. The number of hydrogen-bond acceptors (Lipinski definition) is 3. The molecular formula is C26H26N2O3S. The first-order chi connectivity index (χ1) is 15.5. The number of sulfonamides is 1. The third-order valence-corrected chi connectivity index (χ3v) is 7.53. The number of carbonyl (C=O) groups excluding carboxylic acids is 1. The molecule has 4 rings (SSSR count). The van der Waals surface area contributed by atoms with E-state index in [1.54, 1.807) is 60.7 Å². The van der Waals surface area contributed by atoms with Crippen molar-refractivity contribution in [3.8, 4) is 0 Å². The molecule has 0 fully saturated rings. The Morgan fingerprint density at radius 1 is 1.00 bits per heavy atom. The van der Waals surface area contributed by atoms with Crippen molar-refractivity contribution in [3.63, 3.8) is 0 Å². The van der Waals surface area contributed by atoms with E-state index in [2.05, 4.69) is 24.0 Å². The Bertz CT molecular complexity index is 1210. The van der Waals surface area contributed by atoms with Crippen LogP contribution in [0.25, 0.3) is 0 Å². The minimum Gasteiger partial charge on any atom is -0.345 e. The fourth-order valence-corrected chi connectivity index (χ4v) is 5.56. The van der Waals surface area contributed by atoms with Gasteiger partial charge in [0.25, 0.3) is 15.9 Å². The van der Waals surface area contributed by atoms with Crippen molar-refractivity contribution in [3.05, 3.63) is 108 Å². The van der Waals surface area contributed by atoms with Gasteiger partial charge in [0.2, 0.25) is 0 Å². The van der Waals surface area contributed by atoms with E-state index in [0.717, 1.165) is 19.3 Å². The average molecular weight is 447 g/mol. The van der Waals surface area contributed by atoms with Crippen LogP contribution in [-0.2, 0) is 16.4 Å². The second-order valence-corrected chi connectivity index (χ2v) is 9.66. The molecule has 3 aromatic carbocycles. The van der Waals surface area contributed by atoms with Crippen LogP contribution in [-0.4, -0.2) is 20.9 Å². The summed E-state index contributed by atoms with van der Waals surface area (Å²) in [6, 6.07) is 23.1. The molecule has 1 unspecified atom stereocenters. The van der Waals surface area contributed by atoms with Gasteiger partial charge in [0, 0.05) is 5.56 Å². The van der Waals surface area contributed by atoms with E-state index in [1.807, 2.05) is 12.1 Å². The molecule has 0 spiro atoms. The highest BCUT2D eigenvalue weighted by Crippen LogP contribution is 2.30. The van der Waals surface area contributed by atoms with Crippen LogP contribution in [0.15, 0.2) is 96.4 Å². The number of benzene rings is 3. The Kier molecular flexibility index (Phi) is 6.42. The number of fused-ring (bicyclic) bond motifs is 1. The number of nitrogens with zero attached hydrogens (tertiary/aromatic N) is 1. The maximum atomic E-state index is 13.1. The molecule has 6 heteroatoms. The Balaban J connectivity index is 1.54. The zero-order valence-electron chi connectivity index (χ0n) is 17.8. The van der Waals surface area contributed by atoms with Gasteiger partial charge in [-0.3, -0.25) is 9.10 Å². The quantitative estimate of drug-likeness (QED) is 0.526. The van der Waals surface area contributed by atoms with Gasteiger partial charge >= 0.3 is 0 Å². The van der Waals surface area contributed by atoms with Crippen molar-refractivity contribution < 1.29 is 13.2 Å². The van der Waals surface area contributed by atoms with Crippen molar-refractivity contribution in [2.75, 3.05) is 10.8 Å². The molecule has 1 aliphatic carbocycles. The Morgan fingerprint density at radius 2 is 1.69 bits per heavy atom. The molecule has 0 bridgehead atoms. The van der Waals surface area contributed by atoms with Gasteiger partial charge in [-0.25, -0.2) is 8.42 Å². The minimum absolute atomic E-state index is 0.0113. The molecule has 1 N–H and O–H groups in total. The Labute approximate surface area is 189 Å². The molecule has 0 saturated heterocycles. The average Bonchev–Trinajstić information content (AvgIpc) is 2.83. The molecule has 1 amide bonds. The van der Waals surface area contributed by atoms with Gasteiger partial charge in [-0.2, -0.15) is 0 Å². The topological polar surface area (TPSA) is 66.5 Å². The molecular weight excluding hydrogens is 420 g/mol. The van der Waals surface area contributed by atoms with E-state index in [1.165, 1.54) is 15.4 Å². The molecule has 0 radical (unpaired) electrons. The van der Waals surface area contributed by atoms with Crippen LogP contribution in [0, 0.1) is 0 Å². The first-order valence-electron chi connectivity index (χ1n) is 10.7. The molecule has 0 saturated carbocycles. The third kappa shape index (κ3) is 4.46. The molecule has 0 aromatic heterocycles. The lowest BCUT2D eigenvalue weighted by atomic mass is 9.87. The zero-order valence-corrected chi connectivity index (χ0v) is 18.6. The van der Waals surface area contributed by atoms with Crippen LogP contribution in [0.1, 0.15) is 40.4 Å². The third-order valence-electron chi connectivity index (χ3n) is 5.72. The summed E-state index contributed by atoms with van der Waals surface area (Å²) in [6.45, 7) is 3.82. The molecule has 164 valence electrons. The maximum Gasteiger partial charge on any atom is 0.264 e. The smallest absolute Gasteiger partial charge is 0.264 e. The summed E-state index contributed by atoms with van der Waals surface area (Å²) < 4.78 is 27.5. The van der Waals surface area contributed by atoms with Crippen LogP contribution in [0.4, 0.5) is 5.69 Å². The lowest BCUT2D eigenvalue weighted by Gasteiger charge is -2.26. The fourth-order valence-electron chi connectivity index (χ4n) is 4.10. The number of anilines is 1. The van der Waals surface area contributed by atoms with Crippen LogP contribution in [0.2, 0.25) is 0 Å². The van der Waals surface area contributed by atoms with Crippen LogP contribution in [0.5, 0.6) is 0 Å². The van der Waals surface area contributed by atoms with Gasteiger partial charge in [-0.05, 0) is 66.8 Å². The number of nitrogens with one attached hydrogen (secondary N) is 1. The lowest BCUT2D eigenvalue weighted by molar-refractivity contribution is 0.0933. The summed E-state index contributed by atoms with van der Waals surface area (Å²) in [6.07, 6.45) is 4.52. The number of amides is 1. The summed E-state index contributed by atoms with van der Waals surface area (Å²) in [7, 11) is -3.74. The first-order valence-corrected chi connectivity index (χ1v) is 12.1. The fraction of sp³-hybridized carbons (Fsp3) is 0.192. The van der Waals surface area contributed by atoms with Crippen molar-refractivity contribution in [1.29, 1.82) is 0 Å². The summed E-state index contributed by atoms with van der Waals surface area (Å²) >= 11 is 0. The van der Waals surface area contributed by atoms with E-state index < -0.39 is 10.0 Å². The van der Waals surface area contributed by atoms with Gasteiger partial charge in [0.15, 0.2) is 0 Å². The molecule has 3 aromatic rings. The predicted octanol–water partition coefficient (Wildman–Crippen LogP) is 4.88. The van der Waals surface area contributed by atoms with Crippen LogP contribution >= 0.6 is 0 Å². The Morgan fingerprint density at radius 3 is 2.41 bits per heavy atom. The Hall–Kier alpha value is -3.38. The van der Waals surface area contributed by atoms with E-state index in [9.17, 15) is 13.2 Å². The van der Waals surface area contributed by atoms with Gasteiger partial charge in [0.1, 0.15) is 0 Å². The second-order valence-electron chi connectivity index (χ2n) is 7.80. The van der Waals surface area contributed by atoms with E-state index in [4.69, 9.17) is 0 Å². The monoisotopic (exact) mass is 446 g/mol. The number of aryl methyl sites for hydroxylation is 1. The molecule has 1 aliphatic rings. The molecule has 0 aliphatic heterocycles. The van der Waals surface area contributed by atoms with E-state index >= 15 is 0 Å². The number of rotatable bonds is 7. The molecule has 0 heterocycles. The highest BCUT2D eigenvalue weighted by molar-refractivity contribution is 7.92. The summed E-state index contributed by atoms with van der Waals surface area (Å²) in [5.41, 5.74) is 3.43. The number of hydrogen-bond donors (Lipinski definition) is 1. The highest BCUT2D eigenvalue weighted by atomic mass is 32.2. The molecule has 32 heavy (non-hydrogen) atoms. The minimum atomic E-state index is -3.74. The lowest BCUT2D eigenvalue weighted by Crippen LogP contribution is -2.32. The number of carbonyl (C=O) groups is 1. The van der Waals surface area contributed by atoms with Gasteiger partial charge in [0.05, 0.1) is 23.2 Å². The summed E-state index contributed by atoms with van der Waals surface area (Å²) in [5.74, 6) is -0.167. The van der Waals surface area contributed by atoms with Crippen molar-refractivity contribution in [2.24, 2.45) is 0 Å². The SMILES string of the molecule is C=CCN(c1ccc(C(=O)NC2CCCc3ccccc32)cc1)S(=O)(=O)c1ccccc1. The van der Waals surface area contributed by atoms with Gasteiger partial charge < -0.3 is 5.32 Å². The van der Waals surface area contributed by atoms with Gasteiger partial charge in [-0.1, -0.05) is 48.5 Å². The van der Waals surface area contributed by atoms with Crippen LogP contribution < -0.4 is 9.62 Å². The zero-order chi connectivity index (χ0) is 22.6. The molecule has 5 nitrogen and oxygen atoms in total. The van der Waals surface area contributed by atoms with Crippen molar-refractivity contribution in [2.45, 2.75) is 30.2 Å². The predicted molar refractivity (Wildman–Crippen MR) is 127 cm³/mol. The molecule has 1 atom stereocenters. The van der Waals surface area contributed by atoms with Gasteiger partial charge in [-0.15, -0.1) is 6.58 Å². The van der Waals surface area contributed by atoms with E-state index in [0.29, 0.717) is 11.3 Å². The standard InChI is InChI=1S/C26H26N2O3S/c1-2-19-28(32(30,31)23-11-4-3-5-12-23)22-17-15-21(16-18-22)26(29)27-25-14-8-10-20-9-6-7-13-24(20)25/h2-7,9,11-13,15-18,25H,1,8,10,14,19H2,(H,27,29). The maximum absolute atomic E-state index is 13.1.